The van der Waals surface area contributed by atoms with Crippen LogP contribution in [0.15, 0.2) is 0 Å². The number of hydrogen-bond donors (Lipinski definition) is 10. The van der Waals surface area contributed by atoms with Crippen LogP contribution in [0.3, 0.4) is 0 Å². The van der Waals surface area contributed by atoms with E-state index in [9.17, 15) is 51.1 Å². The molecule has 15 unspecified atom stereocenters. The Morgan fingerprint density at radius 3 is 1.59 bits per heavy atom. The van der Waals surface area contributed by atoms with Crippen LogP contribution in [0.2, 0.25) is 0 Å². The summed E-state index contributed by atoms with van der Waals surface area (Å²) in [6.45, 7) is 0.0245. The number of hydrogen-bond acceptors (Lipinski definition) is 16. The minimum absolute atomic E-state index is 0. The molecule has 0 spiro atoms. The number of aliphatic hydroxyl groups excluding tert-OH is 10. The molecule has 3 saturated heterocycles. The Hall–Kier alpha value is -0.640. The summed E-state index contributed by atoms with van der Waals surface area (Å²) in [5.41, 5.74) is 0. The van der Waals surface area contributed by atoms with Crippen molar-refractivity contribution in [2.45, 2.75) is 105 Å². The van der Waals surface area contributed by atoms with E-state index >= 15 is 0 Å². The van der Waals surface area contributed by atoms with E-state index in [1.807, 2.05) is 0 Å². The van der Waals surface area contributed by atoms with Gasteiger partial charge in [-0.3, -0.25) is 0 Å². The van der Waals surface area contributed by atoms with Gasteiger partial charge in [-0.2, -0.15) is 0 Å². The van der Waals surface area contributed by atoms with Crippen LogP contribution in [0.5, 0.6) is 0 Å². The fourth-order valence-corrected chi connectivity index (χ4v) is 4.30. The highest BCUT2D eigenvalue weighted by Gasteiger charge is 2.52. The van der Waals surface area contributed by atoms with Gasteiger partial charge in [0, 0.05) is 8.03 Å². The molecule has 0 aromatic heterocycles. The van der Waals surface area contributed by atoms with Crippen molar-refractivity contribution in [3.05, 3.63) is 0 Å². The molecule has 0 aliphatic carbocycles. The predicted molar refractivity (Wildman–Crippen MR) is 117 cm³/mol. The average Bonchev–Trinajstić information content (AvgIpc) is 2.89. The zero-order valence-electron chi connectivity index (χ0n) is 20.1. The van der Waals surface area contributed by atoms with Gasteiger partial charge in [-0.25, -0.2) is 0 Å². The molecule has 0 aromatic rings. The van der Waals surface area contributed by atoms with Gasteiger partial charge in [0.15, 0.2) is 18.9 Å². The molecule has 3 rings (SSSR count). The lowest BCUT2D eigenvalue weighted by atomic mass is 9.96. The second kappa shape index (κ2) is 13.6. The molecular formula is C21H40O16. The Morgan fingerprint density at radius 1 is 0.568 bits per heavy atom. The topological polar surface area (TPSA) is 258 Å². The molecular weight excluding hydrogens is 508 g/mol. The molecule has 3 fully saturated rings. The summed E-state index contributed by atoms with van der Waals surface area (Å²) in [5.74, 6) is 0. The van der Waals surface area contributed by atoms with Gasteiger partial charge in [0.25, 0.3) is 0 Å². The van der Waals surface area contributed by atoms with E-state index in [0.29, 0.717) is 6.42 Å². The van der Waals surface area contributed by atoms with Crippen LogP contribution in [0.25, 0.3) is 0 Å². The number of rotatable bonds is 10. The lowest BCUT2D eigenvalue weighted by Gasteiger charge is -2.46. The molecule has 220 valence electrons. The lowest BCUT2D eigenvalue weighted by Crippen LogP contribution is -2.65. The number of aliphatic hydroxyl groups is 10. The van der Waals surface area contributed by atoms with Crippen molar-refractivity contribution in [2.75, 3.05) is 26.4 Å². The van der Waals surface area contributed by atoms with Crippen LogP contribution in [0, 0.1) is 0 Å². The highest BCUT2D eigenvalue weighted by molar-refractivity contribution is 4.95. The summed E-state index contributed by atoms with van der Waals surface area (Å²) in [6, 6.07) is 0. The minimum atomic E-state index is -1.81. The van der Waals surface area contributed by atoms with Gasteiger partial charge in [0.1, 0.15) is 73.2 Å². The van der Waals surface area contributed by atoms with E-state index in [1.54, 1.807) is 6.92 Å². The van der Waals surface area contributed by atoms with E-state index in [0.717, 1.165) is 0 Å². The van der Waals surface area contributed by atoms with Crippen LogP contribution >= 0.6 is 0 Å². The van der Waals surface area contributed by atoms with E-state index in [2.05, 4.69) is 0 Å². The molecule has 10 N–H and O–H groups in total. The monoisotopic (exact) mass is 548 g/mol. The summed E-state index contributed by atoms with van der Waals surface area (Å²) in [7, 11) is 0. The number of ether oxygens (including phenoxy) is 6. The minimum Gasteiger partial charge on any atom is -0.394 e. The molecule has 15 atom stereocenters. The Morgan fingerprint density at radius 2 is 1.05 bits per heavy atom. The van der Waals surface area contributed by atoms with Crippen LogP contribution < -0.4 is 0 Å². The van der Waals surface area contributed by atoms with Gasteiger partial charge < -0.3 is 79.5 Å². The first-order valence-electron chi connectivity index (χ1n) is 12.1. The van der Waals surface area contributed by atoms with Crippen molar-refractivity contribution in [2.24, 2.45) is 0 Å². The van der Waals surface area contributed by atoms with Crippen molar-refractivity contribution in [3.63, 3.8) is 0 Å². The van der Waals surface area contributed by atoms with Gasteiger partial charge in [0.2, 0.25) is 0 Å². The van der Waals surface area contributed by atoms with Crippen LogP contribution in [0.4, 0.5) is 0 Å². The predicted octanol–water partition coefficient (Wildman–Crippen LogP) is -5.89. The Kier molecular flexibility index (Phi) is 11.4. The molecule has 0 bridgehead atoms. The second-order valence-electron chi connectivity index (χ2n) is 9.22. The van der Waals surface area contributed by atoms with Crippen LogP contribution in [-0.2, 0) is 28.4 Å². The SMILES string of the molecule is CCCOC1OC(COC2OC(CO)C(O)C(O)C2O)C(O)C(OC2OC(CO)C(O)C(O)C2O)C1O.[HH]. The molecule has 3 aliphatic rings. The summed E-state index contributed by atoms with van der Waals surface area (Å²) in [6.07, 6.45) is -22.9. The zero-order chi connectivity index (χ0) is 27.4. The molecule has 3 heterocycles. The maximum absolute atomic E-state index is 10.9. The molecule has 0 radical (unpaired) electrons. The zero-order valence-corrected chi connectivity index (χ0v) is 20.1. The van der Waals surface area contributed by atoms with Gasteiger partial charge in [-0.15, -0.1) is 0 Å². The van der Waals surface area contributed by atoms with Gasteiger partial charge in [-0.1, -0.05) is 6.92 Å². The fraction of sp³-hybridized carbons (Fsp3) is 1.00. The Labute approximate surface area is 213 Å². The van der Waals surface area contributed by atoms with E-state index in [4.69, 9.17) is 28.4 Å². The molecule has 0 aromatic carbocycles. The van der Waals surface area contributed by atoms with Gasteiger partial charge >= 0.3 is 0 Å². The standard InChI is InChI=1S/C21H38O16.H2/c1-2-3-32-20-17(31)18(37-21-16(30)14(28)11(25)8(5-23)35-21)12(26)9(36-20)6-33-19-15(29)13(27)10(24)7(4-22)34-19;/h7-31H,2-6H2,1H3;1H. The smallest absolute Gasteiger partial charge is 0.187 e. The summed E-state index contributed by atoms with van der Waals surface area (Å²) >= 11 is 0. The van der Waals surface area contributed by atoms with Gasteiger partial charge in [-0.05, 0) is 6.42 Å². The van der Waals surface area contributed by atoms with Crippen LogP contribution in [-0.4, -0.2) is 170 Å². The first-order valence-corrected chi connectivity index (χ1v) is 12.1. The third-order valence-corrected chi connectivity index (χ3v) is 6.54. The molecule has 0 amide bonds. The quantitative estimate of drug-likeness (QED) is 0.122. The molecule has 16 nitrogen and oxygen atoms in total. The second-order valence-corrected chi connectivity index (χ2v) is 9.22. The van der Waals surface area contributed by atoms with Crippen molar-refractivity contribution in [1.29, 1.82) is 0 Å². The van der Waals surface area contributed by atoms with E-state index < -0.39 is 112 Å². The molecule has 3 aliphatic heterocycles. The third kappa shape index (κ3) is 6.75. The van der Waals surface area contributed by atoms with E-state index in [-0.39, 0.29) is 8.03 Å². The maximum Gasteiger partial charge on any atom is 0.187 e. The first-order chi connectivity index (χ1) is 17.5. The molecule has 0 saturated carbocycles. The molecule has 37 heavy (non-hydrogen) atoms. The largest absolute Gasteiger partial charge is 0.394 e. The summed E-state index contributed by atoms with van der Waals surface area (Å²) in [4.78, 5) is 0. The lowest BCUT2D eigenvalue weighted by molar-refractivity contribution is -0.366. The van der Waals surface area contributed by atoms with Crippen LogP contribution in [0.1, 0.15) is 14.8 Å². The first kappa shape index (κ1) is 30.9. The van der Waals surface area contributed by atoms with Crippen molar-refractivity contribution >= 4 is 0 Å². The van der Waals surface area contributed by atoms with Crippen molar-refractivity contribution in [3.8, 4) is 0 Å². The fourth-order valence-electron chi connectivity index (χ4n) is 4.30. The van der Waals surface area contributed by atoms with Crippen molar-refractivity contribution in [1.82, 2.24) is 0 Å². The maximum atomic E-state index is 10.9. The average molecular weight is 549 g/mol. The third-order valence-electron chi connectivity index (χ3n) is 6.54. The highest BCUT2D eigenvalue weighted by atomic mass is 16.7. The normalized spacial score (nSPS) is 49.2. The summed E-state index contributed by atoms with van der Waals surface area (Å²) < 4.78 is 32.7. The van der Waals surface area contributed by atoms with E-state index in [1.165, 1.54) is 0 Å². The molecule has 16 heteroatoms. The summed E-state index contributed by atoms with van der Waals surface area (Å²) in [5, 5.41) is 101. The Balaban J connectivity index is 0.00000507. The Bertz CT molecular complexity index is 690. The van der Waals surface area contributed by atoms with Gasteiger partial charge in [0.05, 0.1) is 19.8 Å². The van der Waals surface area contributed by atoms with Crippen molar-refractivity contribution < 1.29 is 80.9 Å². The highest BCUT2D eigenvalue weighted by Crippen LogP contribution is 2.31.